The molecule has 0 fully saturated rings. The van der Waals surface area contributed by atoms with Crippen LogP contribution in [0.2, 0.25) is 0 Å². The molecule has 0 saturated carbocycles. The molecule has 7 nitrogen and oxygen atoms in total. The Hall–Kier alpha value is -2.61. The minimum Gasteiger partial charge on any atom is -0.353 e. The van der Waals surface area contributed by atoms with E-state index in [-0.39, 0.29) is 12.1 Å². The Labute approximate surface area is 136 Å². The van der Waals surface area contributed by atoms with Crippen molar-refractivity contribution >= 4 is 23.2 Å². The van der Waals surface area contributed by atoms with E-state index in [1.807, 2.05) is 23.7 Å². The summed E-state index contributed by atoms with van der Waals surface area (Å²) in [5, 5.41) is 18.6. The maximum atomic E-state index is 12.1. The Balaban J connectivity index is 1.36. The van der Waals surface area contributed by atoms with Crippen molar-refractivity contribution in [3.8, 4) is 10.6 Å². The zero-order chi connectivity index (χ0) is 15.6. The number of aryl methyl sites for hydroxylation is 1. The molecule has 0 bridgehead atoms. The monoisotopic (exact) mass is 329 g/mol. The van der Waals surface area contributed by atoms with E-state index < -0.39 is 0 Å². The number of anilines is 1. The van der Waals surface area contributed by atoms with Gasteiger partial charge in [0.25, 0.3) is 0 Å². The van der Waals surface area contributed by atoms with Gasteiger partial charge in [-0.25, -0.2) is 4.79 Å². The molecular weight excluding hydrogens is 314 g/mol. The van der Waals surface area contributed by atoms with Gasteiger partial charge < -0.3 is 9.84 Å². The molecule has 1 aliphatic carbocycles. The first-order valence-electron chi connectivity index (χ1n) is 7.37. The second-order valence-corrected chi connectivity index (χ2v) is 6.41. The van der Waals surface area contributed by atoms with Crippen LogP contribution in [-0.2, 0) is 12.8 Å². The smallest absolute Gasteiger partial charge is 0.320 e. The van der Waals surface area contributed by atoms with Crippen LogP contribution in [0.1, 0.15) is 17.7 Å². The number of nitrogens with one attached hydrogen (secondary N) is 3. The molecule has 0 spiro atoms. The highest BCUT2D eigenvalue weighted by Crippen LogP contribution is 2.26. The van der Waals surface area contributed by atoms with E-state index in [0.717, 1.165) is 24.1 Å². The zero-order valence-corrected chi connectivity index (χ0v) is 13.0. The van der Waals surface area contributed by atoms with Gasteiger partial charge in [-0.2, -0.15) is 5.10 Å². The van der Waals surface area contributed by atoms with Crippen LogP contribution >= 0.6 is 11.3 Å². The Kier molecular flexibility index (Phi) is 3.58. The van der Waals surface area contributed by atoms with Gasteiger partial charge in [-0.3, -0.25) is 10.4 Å². The normalized spacial score (nSPS) is 16.8. The highest BCUT2D eigenvalue weighted by atomic mass is 32.1. The number of aromatic amines is 1. The first-order chi connectivity index (χ1) is 11.3. The number of hydrogen-bond acceptors (Lipinski definition) is 5. The molecule has 2 amide bonds. The average Bonchev–Trinajstić information content (AvgIpc) is 3.27. The molecule has 118 valence electrons. The van der Waals surface area contributed by atoms with Crippen LogP contribution in [-0.4, -0.2) is 27.4 Å². The molecule has 0 radical (unpaired) electrons. The molecule has 0 saturated heterocycles. The highest BCUT2D eigenvalue weighted by molar-refractivity contribution is 7.13. The molecule has 0 aromatic carbocycles. The third kappa shape index (κ3) is 2.98. The van der Waals surface area contributed by atoms with E-state index in [0.29, 0.717) is 11.6 Å². The summed E-state index contributed by atoms with van der Waals surface area (Å²) in [6, 6.07) is 5.44. The number of nitrogens with zero attached hydrogens (tertiary/aromatic N) is 2. The number of carbonyl (C=O) groups is 1. The minimum atomic E-state index is -0.270. The third-order valence-corrected chi connectivity index (χ3v) is 4.75. The lowest BCUT2D eigenvalue weighted by atomic mass is 9.94. The average molecular weight is 329 g/mol. The topological polar surface area (TPSA) is 95.8 Å². The van der Waals surface area contributed by atoms with Crippen LogP contribution in [0, 0.1) is 0 Å². The fraction of sp³-hybridized carbons (Fsp3) is 0.267. The number of aromatic nitrogens is 3. The number of H-pyrrole nitrogens is 1. The number of urea groups is 1. The fourth-order valence-electron chi connectivity index (χ4n) is 2.75. The Morgan fingerprint density at radius 2 is 2.43 bits per heavy atom. The van der Waals surface area contributed by atoms with E-state index in [1.165, 1.54) is 11.3 Å². The van der Waals surface area contributed by atoms with Crippen LogP contribution in [0.5, 0.6) is 0 Å². The predicted octanol–water partition coefficient (Wildman–Crippen LogP) is 2.81. The van der Waals surface area contributed by atoms with Crippen molar-refractivity contribution in [2.45, 2.75) is 25.3 Å². The number of rotatable bonds is 3. The zero-order valence-electron chi connectivity index (χ0n) is 12.2. The molecule has 3 aromatic heterocycles. The summed E-state index contributed by atoms with van der Waals surface area (Å²) in [5.74, 6) is 1.06. The molecule has 4 rings (SSSR count). The molecule has 3 heterocycles. The molecule has 3 aromatic rings. The van der Waals surface area contributed by atoms with Gasteiger partial charge in [0.1, 0.15) is 0 Å². The van der Waals surface area contributed by atoms with Gasteiger partial charge >= 0.3 is 6.03 Å². The number of hydrogen-bond donors (Lipinski definition) is 3. The second kappa shape index (κ2) is 5.88. The lowest BCUT2D eigenvalue weighted by Crippen LogP contribution is -2.41. The van der Waals surface area contributed by atoms with Crippen LogP contribution < -0.4 is 10.6 Å². The van der Waals surface area contributed by atoms with Gasteiger partial charge in [0.2, 0.25) is 0 Å². The second-order valence-electron chi connectivity index (χ2n) is 5.47. The van der Waals surface area contributed by atoms with E-state index >= 15 is 0 Å². The third-order valence-electron chi connectivity index (χ3n) is 3.87. The summed E-state index contributed by atoms with van der Waals surface area (Å²) in [6.07, 6.45) is 4.40. The van der Waals surface area contributed by atoms with Crippen LogP contribution in [0.4, 0.5) is 10.6 Å². The predicted molar refractivity (Wildman–Crippen MR) is 86.4 cm³/mol. The first-order valence-corrected chi connectivity index (χ1v) is 8.25. The van der Waals surface area contributed by atoms with Gasteiger partial charge in [-0.05, 0) is 36.3 Å². The van der Waals surface area contributed by atoms with Gasteiger partial charge in [-0.15, -0.1) is 11.3 Å². The van der Waals surface area contributed by atoms with Gasteiger partial charge in [0, 0.05) is 17.8 Å². The van der Waals surface area contributed by atoms with Crippen molar-refractivity contribution in [1.29, 1.82) is 0 Å². The van der Waals surface area contributed by atoms with Crippen molar-refractivity contribution in [2.75, 3.05) is 5.32 Å². The van der Waals surface area contributed by atoms with Crippen LogP contribution in [0.25, 0.3) is 10.6 Å². The SMILES string of the molecule is O=C(Nc1cc(-c2cccs2)on1)NC1CCc2[nH]ncc2C1. The lowest BCUT2D eigenvalue weighted by molar-refractivity contribution is 0.247. The molecule has 3 N–H and O–H groups in total. The lowest BCUT2D eigenvalue weighted by Gasteiger charge is -2.22. The summed E-state index contributed by atoms with van der Waals surface area (Å²) in [5.41, 5.74) is 2.34. The molecule has 1 aliphatic rings. The highest BCUT2D eigenvalue weighted by Gasteiger charge is 2.21. The Morgan fingerprint density at radius 1 is 1.48 bits per heavy atom. The number of carbonyl (C=O) groups excluding carboxylic acids is 1. The number of amides is 2. The van der Waals surface area contributed by atoms with Crippen molar-refractivity contribution in [1.82, 2.24) is 20.7 Å². The minimum absolute atomic E-state index is 0.101. The summed E-state index contributed by atoms with van der Waals surface area (Å²) >= 11 is 1.56. The van der Waals surface area contributed by atoms with Crippen molar-refractivity contribution in [3.63, 3.8) is 0 Å². The molecule has 1 unspecified atom stereocenters. The Bertz CT molecular complexity index is 808. The van der Waals surface area contributed by atoms with E-state index in [1.54, 1.807) is 17.4 Å². The van der Waals surface area contributed by atoms with Gasteiger partial charge in [0.05, 0.1) is 11.1 Å². The van der Waals surface area contributed by atoms with Crippen molar-refractivity contribution in [3.05, 3.63) is 41.0 Å². The maximum absolute atomic E-state index is 12.1. The number of fused-ring (bicyclic) bond motifs is 1. The maximum Gasteiger partial charge on any atom is 0.320 e. The molecular formula is C15H15N5O2S. The van der Waals surface area contributed by atoms with Crippen molar-refractivity contribution in [2.24, 2.45) is 0 Å². The van der Waals surface area contributed by atoms with E-state index in [4.69, 9.17) is 4.52 Å². The molecule has 1 atom stereocenters. The summed E-state index contributed by atoms with van der Waals surface area (Å²) in [6.45, 7) is 0. The van der Waals surface area contributed by atoms with Gasteiger partial charge in [-0.1, -0.05) is 11.2 Å². The number of thiophene rings is 1. The van der Waals surface area contributed by atoms with Gasteiger partial charge in [0.15, 0.2) is 11.6 Å². The first kappa shape index (κ1) is 14.0. The summed E-state index contributed by atoms with van der Waals surface area (Å²) in [7, 11) is 0. The molecule has 23 heavy (non-hydrogen) atoms. The largest absolute Gasteiger partial charge is 0.353 e. The standard InChI is InChI=1S/C15H15N5O2S/c21-15(17-10-3-4-11-9(6-10)8-16-19-11)18-14-7-12(22-20-14)13-2-1-5-23-13/h1-2,5,7-8,10H,3-4,6H2,(H,16,19)(H2,17,18,20,21). The van der Waals surface area contributed by atoms with Crippen molar-refractivity contribution < 1.29 is 9.32 Å². The molecule has 8 heteroatoms. The fourth-order valence-corrected chi connectivity index (χ4v) is 3.42. The summed E-state index contributed by atoms with van der Waals surface area (Å²) in [4.78, 5) is 13.1. The quantitative estimate of drug-likeness (QED) is 0.688. The van der Waals surface area contributed by atoms with Crippen LogP contribution in [0.3, 0.4) is 0 Å². The van der Waals surface area contributed by atoms with E-state index in [2.05, 4.69) is 26.0 Å². The Morgan fingerprint density at radius 3 is 3.30 bits per heavy atom. The molecule has 0 aliphatic heterocycles. The van der Waals surface area contributed by atoms with Crippen LogP contribution in [0.15, 0.2) is 34.3 Å². The summed E-state index contributed by atoms with van der Waals surface area (Å²) < 4.78 is 5.24. The van der Waals surface area contributed by atoms with E-state index in [9.17, 15) is 4.79 Å².